The number of carbonyl (C=O) groups is 1. The van der Waals surface area contributed by atoms with Crippen molar-refractivity contribution in [3.05, 3.63) is 102 Å². The predicted octanol–water partition coefficient (Wildman–Crippen LogP) is 5.99. The lowest BCUT2D eigenvalue weighted by molar-refractivity contribution is -0.124. The normalized spacial score (nSPS) is 13.8. The first-order valence-corrected chi connectivity index (χ1v) is 16.0. The number of benzene rings is 3. The molecule has 3 unspecified atom stereocenters. The molecule has 3 atom stereocenters. The summed E-state index contributed by atoms with van der Waals surface area (Å²) in [5, 5.41) is 26.3. The maximum Gasteiger partial charge on any atom is 0.238 e. The molecule has 3 aromatic rings. The molecule has 228 valence electrons. The Bertz CT molecular complexity index is 1120. The molecule has 0 saturated carbocycles. The molecule has 0 aromatic heterocycles. The second-order valence-electron chi connectivity index (χ2n) is 11.5. The van der Waals surface area contributed by atoms with E-state index in [0.717, 1.165) is 53.8 Å². The summed E-state index contributed by atoms with van der Waals surface area (Å²) in [5.41, 5.74) is 3.09. The highest BCUT2D eigenvalue weighted by Gasteiger charge is 2.30. The Morgan fingerprint density at radius 2 is 1.43 bits per heavy atom. The van der Waals surface area contributed by atoms with Crippen molar-refractivity contribution in [2.45, 2.75) is 82.0 Å². The van der Waals surface area contributed by atoms with Gasteiger partial charge in [0.2, 0.25) is 5.91 Å². The molecule has 42 heavy (non-hydrogen) atoms. The highest BCUT2D eigenvalue weighted by molar-refractivity contribution is 7.97. The topological polar surface area (TPSA) is 84.8 Å². The van der Waals surface area contributed by atoms with Crippen molar-refractivity contribution in [2.75, 3.05) is 20.2 Å². The van der Waals surface area contributed by atoms with Gasteiger partial charge >= 0.3 is 0 Å². The summed E-state index contributed by atoms with van der Waals surface area (Å²) in [6.07, 6.45) is 3.59. The number of amides is 1. The van der Waals surface area contributed by atoms with E-state index in [1.165, 1.54) is 0 Å². The first-order valence-electron chi connectivity index (χ1n) is 15.2. The monoisotopic (exact) mass is 591 g/mol. The van der Waals surface area contributed by atoms with Crippen molar-refractivity contribution in [1.29, 1.82) is 0 Å². The second kappa shape index (κ2) is 18.1. The Kier molecular flexibility index (Phi) is 14.6. The molecule has 0 aliphatic carbocycles. The summed E-state index contributed by atoms with van der Waals surface area (Å²) in [7, 11) is 1.85. The van der Waals surface area contributed by atoms with Crippen LogP contribution in [-0.4, -0.2) is 58.8 Å². The van der Waals surface area contributed by atoms with Crippen LogP contribution in [0.2, 0.25) is 0 Å². The van der Waals surface area contributed by atoms with Crippen LogP contribution in [0.3, 0.4) is 0 Å². The number of aliphatic hydroxyl groups excluding tert-OH is 2. The molecule has 7 heteroatoms. The molecule has 3 aromatic carbocycles. The van der Waals surface area contributed by atoms with Crippen LogP contribution in [0.4, 0.5) is 0 Å². The highest BCUT2D eigenvalue weighted by Crippen LogP contribution is 2.30. The van der Waals surface area contributed by atoms with Gasteiger partial charge in [0, 0.05) is 29.4 Å². The number of aliphatic hydroxyl groups is 2. The van der Waals surface area contributed by atoms with Crippen molar-refractivity contribution in [1.82, 2.24) is 14.9 Å². The van der Waals surface area contributed by atoms with E-state index in [0.29, 0.717) is 5.92 Å². The summed E-state index contributed by atoms with van der Waals surface area (Å²) < 4.78 is 2.30. The number of carbonyl (C=O) groups excluding carboxylic acids is 1. The SMILES string of the molecule is CNC(C(=O)NC(C)CCCC(CO)N(CCC(C)C)Sc1ccc(CO)cc1)C(c1ccccc1)c1ccccc1. The first kappa shape index (κ1) is 33.8. The van der Waals surface area contributed by atoms with Crippen molar-refractivity contribution < 1.29 is 15.0 Å². The molecule has 0 saturated heterocycles. The van der Waals surface area contributed by atoms with Crippen LogP contribution < -0.4 is 10.6 Å². The molecule has 0 bridgehead atoms. The van der Waals surface area contributed by atoms with Gasteiger partial charge in [-0.1, -0.05) is 86.6 Å². The lowest BCUT2D eigenvalue weighted by Crippen LogP contribution is -2.49. The summed E-state index contributed by atoms with van der Waals surface area (Å²) in [5.74, 6) is 0.443. The minimum absolute atomic E-state index is 0.00248. The van der Waals surface area contributed by atoms with E-state index in [2.05, 4.69) is 60.0 Å². The molecule has 1 amide bonds. The van der Waals surface area contributed by atoms with Gasteiger partial charge in [-0.2, -0.15) is 0 Å². The number of hydrogen-bond acceptors (Lipinski definition) is 6. The van der Waals surface area contributed by atoms with E-state index < -0.39 is 6.04 Å². The zero-order valence-corrected chi connectivity index (χ0v) is 26.4. The maximum absolute atomic E-state index is 13.6. The molecule has 6 nitrogen and oxygen atoms in total. The average Bonchev–Trinajstić information content (AvgIpc) is 3.01. The van der Waals surface area contributed by atoms with Gasteiger partial charge in [-0.3, -0.25) is 4.79 Å². The van der Waals surface area contributed by atoms with E-state index in [1.807, 2.05) is 67.7 Å². The van der Waals surface area contributed by atoms with Crippen LogP contribution in [-0.2, 0) is 11.4 Å². The molecule has 4 N–H and O–H groups in total. The number of hydrogen-bond donors (Lipinski definition) is 4. The number of likely N-dealkylation sites (N-methyl/N-ethyl adjacent to an activating group) is 1. The van der Waals surface area contributed by atoms with E-state index in [9.17, 15) is 15.0 Å². The Morgan fingerprint density at radius 1 is 0.833 bits per heavy atom. The molecule has 0 radical (unpaired) electrons. The Hall–Kier alpha value is -2.68. The lowest BCUT2D eigenvalue weighted by atomic mass is 9.84. The molecule has 0 aliphatic rings. The second-order valence-corrected chi connectivity index (χ2v) is 12.6. The zero-order valence-electron chi connectivity index (χ0n) is 25.6. The quantitative estimate of drug-likeness (QED) is 0.136. The largest absolute Gasteiger partial charge is 0.395 e. The molecular weight excluding hydrogens is 542 g/mol. The molecule has 0 aliphatic heterocycles. The predicted molar refractivity (Wildman–Crippen MR) is 174 cm³/mol. The minimum atomic E-state index is -0.414. The third-order valence-corrected chi connectivity index (χ3v) is 8.88. The van der Waals surface area contributed by atoms with Crippen molar-refractivity contribution in [3.8, 4) is 0 Å². The number of nitrogens with one attached hydrogen (secondary N) is 2. The van der Waals surface area contributed by atoms with E-state index in [-0.39, 0.29) is 37.1 Å². The molecule has 0 fully saturated rings. The van der Waals surface area contributed by atoms with Gasteiger partial charge in [-0.15, -0.1) is 0 Å². The van der Waals surface area contributed by atoms with Crippen molar-refractivity contribution in [3.63, 3.8) is 0 Å². The fourth-order valence-electron chi connectivity index (χ4n) is 5.22. The Labute approximate surface area is 257 Å². The Balaban J connectivity index is 1.61. The fourth-order valence-corrected chi connectivity index (χ4v) is 6.26. The van der Waals surface area contributed by atoms with Crippen molar-refractivity contribution >= 4 is 17.9 Å². The van der Waals surface area contributed by atoms with Crippen LogP contribution >= 0.6 is 11.9 Å². The van der Waals surface area contributed by atoms with Gasteiger partial charge in [0.05, 0.1) is 19.3 Å². The smallest absolute Gasteiger partial charge is 0.238 e. The third kappa shape index (κ3) is 10.5. The van der Waals surface area contributed by atoms with E-state index >= 15 is 0 Å². The van der Waals surface area contributed by atoms with E-state index in [1.54, 1.807) is 11.9 Å². The van der Waals surface area contributed by atoms with Crippen molar-refractivity contribution in [2.24, 2.45) is 5.92 Å². The molecule has 3 rings (SSSR count). The number of nitrogens with zero attached hydrogens (tertiary/aromatic N) is 1. The highest BCUT2D eigenvalue weighted by atomic mass is 32.2. The lowest BCUT2D eigenvalue weighted by Gasteiger charge is -2.31. The van der Waals surface area contributed by atoms with Crippen LogP contribution in [0.5, 0.6) is 0 Å². The van der Waals surface area contributed by atoms with Crippen LogP contribution in [0.25, 0.3) is 0 Å². The summed E-state index contributed by atoms with van der Waals surface area (Å²) in [6, 6.07) is 27.9. The van der Waals surface area contributed by atoms with Crippen LogP contribution in [0.15, 0.2) is 89.8 Å². The Morgan fingerprint density at radius 3 is 1.93 bits per heavy atom. The van der Waals surface area contributed by atoms with Crippen LogP contribution in [0.1, 0.15) is 69.1 Å². The molecule has 0 spiro atoms. The van der Waals surface area contributed by atoms with Crippen LogP contribution in [0, 0.1) is 5.92 Å². The fraction of sp³-hybridized carbons (Fsp3) is 0.457. The zero-order chi connectivity index (χ0) is 30.3. The molecular formula is C35H49N3O3S. The van der Waals surface area contributed by atoms with Gasteiger partial charge in [0.25, 0.3) is 0 Å². The third-order valence-electron chi connectivity index (χ3n) is 7.68. The molecule has 0 heterocycles. The summed E-state index contributed by atoms with van der Waals surface area (Å²) in [4.78, 5) is 14.7. The van der Waals surface area contributed by atoms with Gasteiger partial charge in [0.15, 0.2) is 0 Å². The van der Waals surface area contributed by atoms with E-state index in [4.69, 9.17) is 0 Å². The summed E-state index contributed by atoms with van der Waals surface area (Å²) in [6.45, 7) is 7.49. The standard InChI is InChI=1S/C35H49N3O3S/c1-26(2)22-23-38(42-32-20-18-28(24-39)19-21-32)31(25-40)17-11-12-27(3)37-35(41)34(36-4)33(29-13-7-5-8-14-29)30-15-9-6-10-16-30/h5-10,13-16,18-21,26-27,31,33-34,36,39-40H,11-12,17,22-25H2,1-4H3,(H,37,41). The summed E-state index contributed by atoms with van der Waals surface area (Å²) >= 11 is 1.67. The van der Waals surface area contributed by atoms with Gasteiger partial charge in [0.1, 0.15) is 0 Å². The number of rotatable bonds is 18. The van der Waals surface area contributed by atoms with Gasteiger partial charge < -0.3 is 20.8 Å². The van der Waals surface area contributed by atoms with Gasteiger partial charge in [-0.05, 0) is 86.3 Å². The van der Waals surface area contributed by atoms with Gasteiger partial charge in [-0.25, -0.2) is 4.31 Å². The minimum Gasteiger partial charge on any atom is -0.395 e. The maximum atomic E-state index is 13.6. The first-order chi connectivity index (χ1) is 20.4. The average molecular weight is 592 g/mol.